The molecule has 1 aromatic heterocycles. The molecular weight excluding hydrogens is 356 g/mol. The summed E-state index contributed by atoms with van der Waals surface area (Å²) in [5.41, 5.74) is 1.93. The van der Waals surface area contributed by atoms with Crippen molar-refractivity contribution in [1.29, 1.82) is 0 Å². The zero-order valence-electron chi connectivity index (χ0n) is 14.1. The lowest BCUT2D eigenvalue weighted by Crippen LogP contribution is -2.17. The highest BCUT2D eigenvalue weighted by molar-refractivity contribution is 6.31. The van der Waals surface area contributed by atoms with Crippen molar-refractivity contribution in [3.05, 3.63) is 70.5 Å². The van der Waals surface area contributed by atoms with Gasteiger partial charge in [-0.15, -0.1) is 5.10 Å². The van der Waals surface area contributed by atoms with Crippen molar-refractivity contribution < 1.29 is 14.3 Å². The van der Waals surface area contributed by atoms with Crippen molar-refractivity contribution in [2.75, 3.05) is 12.4 Å². The second kappa shape index (κ2) is 7.37. The molecule has 1 N–H and O–H groups in total. The van der Waals surface area contributed by atoms with E-state index in [1.54, 1.807) is 17.7 Å². The Hall–Kier alpha value is -3.19. The molecule has 0 spiro atoms. The summed E-state index contributed by atoms with van der Waals surface area (Å²) in [7, 11) is 1.26. The molecule has 7 nitrogen and oxygen atoms in total. The van der Waals surface area contributed by atoms with Crippen molar-refractivity contribution in [3.63, 3.8) is 0 Å². The van der Waals surface area contributed by atoms with Crippen LogP contribution in [0.4, 0.5) is 5.69 Å². The van der Waals surface area contributed by atoms with Gasteiger partial charge in [-0.25, -0.2) is 9.48 Å². The minimum Gasteiger partial charge on any atom is -0.465 e. The van der Waals surface area contributed by atoms with Crippen molar-refractivity contribution in [3.8, 4) is 5.69 Å². The van der Waals surface area contributed by atoms with Gasteiger partial charge < -0.3 is 10.1 Å². The van der Waals surface area contributed by atoms with Gasteiger partial charge in [0.05, 0.1) is 29.7 Å². The van der Waals surface area contributed by atoms with E-state index in [-0.39, 0.29) is 16.9 Å². The van der Waals surface area contributed by atoms with Crippen LogP contribution in [-0.2, 0) is 4.74 Å². The molecule has 0 aliphatic heterocycles. The van der Waals surface area contributed by atoms with Gasteiger partial charge >= 0.3 is 5.97 Å². The molecule has 0 aliphatic carbocycles. The van der Waals surface area contributed by atoms with Crippen LogP contribution in [0.15, 0.2) is 48.5 Å². The number of amides is 1. The molecule has 0 saturated carbocycles. The van der Waals surface area contributed by atoms with Crippen LogP contribution in [0.5, 0.6) is 0 Å². The van der Waals surface area contributed by atoms with Crippen LogP contribution in [0.1, 0.15) is 26.5 Å². The molecule has 0 radical (unpaired) electrons. The summed E-state index contributed by atoms with van der Waals surface area (Å²) in [6.07, 6.45) is 0. The maximum atomic E-state index is 12.6. The van der Waals surface area contributed by atoms with Crippen molar-refractivity contribution in [2.45, 2.75) is 6.92 Å². The Kier molecular flexibility index (Phi) is 4.99. The minimum absolute atomic E-state index is 0.143. The molecule has 0 aliphatic rings. The third-order valence-electron chi connectivity index (χ3n) is 3.75. The van der Waals surface area contributed by atoms with Gasteiger partial charge in [0.1, 0.15) is 0 Å². The molecular formula is C18H15ClN4O3. The fraction of sp³-hybridized carbons (Fsp3) is 0.111. The average molecular weight is 371 g/mol. The number of ether oxygens (including phenoxy) is 1. The molecule has 1 heterocycles. The highest BCUT2D eigenvalue weighted by Crippen LogP contribution is 2.23. The van der Waals surface area contributed by atoms with Gasteiger partial charge in [-0.05, 0) is 37.3 Å². The lowest BCUT2D eigenvalue weighted by atomic mass is 10.1. The standard InChI is InChI=1S/C18H15ClN4O3/c1-11-16(21-22-23(11)13-6-4-3-5-7-13)17(24)20-15-10-12(19)8-9-14(15)18(25)26-2/h3-10H,1-2H3,(H,20,24). The summed E-state index contributed by atoms with van der Waals surface area (Å²) in [6, 6.07) is 13.8. The van der Waals surface area contributed by atoms with Crippen LogP contribution >= 0.6 is 11.6 Å². The second-order valence-electron chi connectivity index (χ2n) is 5.41. The summed E-state index contributed by atoms with van der Waals surface area (Å²) in [4.78, 5) is 24.5. The lowest BCUT2D eigenvalue weighted by molar-refractivity contribution is 0.0602. The molecule has 26 heavy (non-hydrogen) atoms. The second-order valence-corrected chi connectivity index (χ2v) is 5.84. The van der Waals surface area contributed by atoms with Gasteiger partial charge in [-0.3, -0.25) is 4.79 Å². The van der Waals surface area contributed by atoms with Gasteiger partial charge in [-0.1, -0.05) is 35.0 Å². The van der Waals surface area contributed by atoms with E-state index in [2.05, 4.69) is 15.6 Å². The van der Waals surface area contributed by atoms with Gasteiger partial charge in [0.15, 0.2) is 5.69 Å². The molecule has 132 valence electrons. The Balaban J connectivity index is 1.92. The number of rotatable bonds is 4. The molecule has 0 atom stereocenters. The maximum Gasteiger partial charge on any atom is 0.339 e. The van der Waals surface area contributed by atoms with E-state index in [9.17, 15) is 9.59 Å². The van der Waals surface area contributed by atoms with Crippen LogP contribution in [-0.4, -0.2) is 34.0 Å². The fourth-order valence-corrected chi connectivity index (χ4v) is 2.61. The number of nitrogens with one attached hydrogen (secondary N) is 1. The molecule has 0 fully saturated rings. The number of hydrogen-bond donors (Lipinski definition) is 1. The molecule has 0 saturated heterocycles. The van der Waals surface area contributed by atoms with E-state index in [0.29, 0.717) is 10.7 Å². The summed E-state index contributed by atoms with van der Waals surface area (Å²) in [6.45, 7) is 1.74. The Labute approximate surface area is 154 Å². The number of anilines is 1. The Bertz CT molecular complexity index is 970. The average Bonchev–Trinajstić information content (AvgIpc) is 3.03. The van der Waals surface area contributed by atoms with E-state index in [1.165, 1.54) is 19.2 Å². The molecule has 0 unspecified atom stereocenters. The van der Waals surface area contributed by atoms with Crippen LogP contribution in [0, 0.1) is 6.92 Å². The number of methoxy groups -OCH3 is 1. The number of nitrogens with zero attached hydrogens (tertiary/aromatic N) is 3. The highest BCUT2D eigenvalue weighted by Gasteiger charge is 2.20. The number of carbonyl (C=O) groups excluding carboxylic acids is 2. The van der Waals surface area contributed by atoms with Crippen LogP contribution in [0.3, 0.4) is 0 Å². The van der Waals surface area contributed by atoms with Crippen LogP contribution < -0.4 is 5.32 Å². The monoisotopic (exact) mass is 370 g/mol. The molecule has 8 heteroatoms. The van der Waals surface area contributed by atoms with E-state index in [4.69, 9.17) is 16.3 Å². The number of aromatic nitrogens is 3. The fourth-order valence-electron chi connectivity index (χ4n) is 2.44. The summed E-state index contributed by atoms with van der Waals surface area (Å²) < 4.78 is 6.29. The maximum absolute atomic E-state index is 12.6. The molecule has 2 aromatic carbocycles. The van der Waals surface area contributed by atoms with E-state index in [0.717, 1.165) is 5.69 Å². The first-order chi connectivity index (χ1) is 12.5. The smallest absolute Gasteiger partial charge is 0.339 e. The number of halogens is 1. The predicted molar refractivity (Wildman–Crippen MR) is 96.8 cm³/mol. The van der Waals surface area contributed by atoms with E-state index < -0.39 is 11.9 Å². The quantitative estimate of drug-likeness (QED) is 0.712. The summed E-state index contributed by atoms with van der Waals surface area (Å²) in [5.74, 6) is -1.08. The first kappa shape index (κ1) is 17.6. The number of hydrogen-bond acceptors (Lipinski definition) is 5. The number of esters is 1. The normalized spacial score (nSPS) is 10.4. The third kappa shape index (κ3) is 3.43. The summed E-state index contributed by atoms with van der Waals surface area (Å²) >= 11 is 5.97. The van der Waals surface area contributed by atoms with Gasteiger partial charge in [-0.2, -0.15) is 0 Å². The van der Waals surface area contributed by atoms with Crippen molar-refractivity contribution in [1.82, 2.24) is 15.0 Å². The molecule has 1 amide bonds. The minimum atomic E-state index is -0.582. The number of para-hydroxylation sites is 1. The summed E-state index contributed by atoms with van der Waals surface area (Å²) in [5, 5.41) is 11.0. The van der Waals surface area contributed by atoms with E-state index >= 15 is 0 Å². The first-order valence-corrected chi connectivity index (χ1v) is 8.06. The Morgan fingerprint density at radius 3 is 2.58 bits per heavy atom. The molecule has 3 aromatic rings. The van der Waals surface area contributed by atoms with Crippen molar-refractivity contribution >= 4 is 29.2 Å². The lowest BCUT2D eigenvalue weighted by Gasteiger charge is -2.09. The van der Waals surface area contributed by atoms with Crippen LogP contribution in [0.2, 0.25) is 5.02 Å². The van der Waals surface area contributed by atoms with Gasteiger partial charge in [0, 0.05) is 5.02 Å². The van der Waals surface area contributed by atoms with Gasteiger partial charge in [0.2, 0.25) is 0 Å². The topological polar surface area (TPSA) is 86.1 Å². The molecule has 3 rings (SSSR count). The third-order valence-corrected chi connectivity index (χ3v) is 3.98. The predicted octanol–water partition coefficient (Wildman–Crippen LogP) is 3.27. The van der Waals surface area contributed by atoms with E-state index in [1.807, 2.05) is 30.3 Å². The van der Waals surface area contributed by atoms with Crippen molar-refractivity contribution in [2.24, 2.45) is 0 Å². The largest absolute Gasteiger partial charge is 0.465 e. The number of carbonyl (C=O) groups is 2. The van der Waals surface area contributed by atoms with Crippen LogP contribution in [0.25, 0.3) is 5.69 Å². The van der Waals surface area contributed by atoms with Gasteiger partial charge in [0.25, 0.3) is 5.91 Å². The molecule has 0 bridgehead atoms. The first-order valence-electron chi connectivity index (χ1n) is 7.68. The SMILES string of the molecule is COC(=O)c1ccc(Cl)cc1NC(=O)c1nnn(-c2ccccc2)c1C. The Morgan fingerprint density at radius 1 is 1.15 bits per heavy atom. The zero-order valence-corrected chi connectivity index (χ0v) is 14.8. The number of benzene rings is 2. The Morgan fingerprint density at radius 2 is 1.88 bits per heavy atom. The zero-order chi connectivity index (χ0) is 18.7. The highest BCUT2D eigenvalue weighted by atomic mass is 35.5.